The van der Waals surface area contributed by atoms with E-state index in [0.29, 0.717) is 22.1 Å². The first-order valence-electron chi connectivity index (χ1n) is 5.93. The number of benzene rings is 1. The number of nitrogen functional groups attached to an aromatic ring is 1. The number of anilines is 2. The van der Waals surface area contributed by atoms with Crippen LogP contribution in [0.2, 0.25) is 5.02 Å². The van der Waals surface area contributed by atoms with Crippen LogP contribution in [0.4, 0.5) is 11.5 Å². The van der Waals surface area contributed by atoms with Crippen molar-refractivity contribution in [2.45, 2.75) is 0 Å². The van der Waals surface area contributed by atoms with E-state index in [9.17, 15) is 4.79 Å². The molecule has 6 heteroatoms. The van der Waals surface area contributed by atoms with Crippen LogP contribution in [0.15, 0.2) is 42.7 Å². The topological polar surface area (TPSA) is 83.8 Å². The van der Waals surface area contributed by atoms with Gasteiger partial charge in [0.05, 0.1) is 5.56 Å². The number of hydrogen-bond acceptors (Lipinski definition) is 3. The van der Waals surface area contributed by atoms with Gasteiger partial charge in [0.15, 0.2) is 0 Å². The minimum absolute atomic E-state index is 0.267. The van der Waals surface area contributed by atoms with Crippen molar-refractivity contribution in [2.24, 2.45) is 0 Å². The number of halogens is 1. The van der Waals surface area contributed by atoms with Crippen molar-refractivity contribution in [1.29, 1.82) is 0 Å². The Hall–Kier alpha value is -2.53. The summed E-state index contributed by atoms with van der Waals surface area (Å²) in [5, 5.41) is 3.98. The number of amides is 1. The Morgan fingerprint density at radius 2 is 2.15 bits per heavy atom. The SMILES string of the molecule is Nc1ccc2[nH]cc(C(=O)Nc3cc(Cl)ccn3)c2c1. The van der Waals surface area contributed by atoms with Crippen molar-refractivity contribution in [2.75, 3.05) is 11.1 Å². The molecule has 0 atom stereocenters. The zero-order valence-electron chi connectivity index (χ0n) is 10.4. The summed E-state index contributed by atoms with van der Waals surface area (Å²) in [7, 11) is 0. The summed E-state index contributed by atoms with van der Waals surface area (Å²) in [6.07, 6.45) is 3.18. The second kappa shape index (κ2) is 4.86. The van der Waals surface area contributed by atoms with Gasteiger partial charge >= 0.3 is 0 Å². The zero-order valence-corrected chi connectivity index (χ0v) is 11.1. The predicted octanol–water partition coefficient (Wildman–Crippen LogP) is 3.05. The first-order chi connectivity index (χ1) is 9.63. The number of aromatic nitrogens is 2. The van der Waals surface area contributed by atoms with Gasteiger partial charge in [-0.05, 0) is 30.3 Å². The molecule has 0 spiro atoms. The fourth-order valence-corrected chi connectivity index (χ4v) is 2.14. The van der Waals surface area contributed by atoms with E-state index < -0.39 is 0 Å². The molecule has 0 bridgehead atoms. The molecule has 3 rings (SSSR count). The lowest BCUT2D eigenvalue weighted by Crippen LogP contribution is -2.12. The van der Waals surface area contributed by atoms with E-state index in [1.54, 1.807) is 30.5 Å². The van der Waals surface area contributed by atoms with E-state index in [1.807, 2.05) is 6.07 Å². The van der Waals surface area contributed by atoms with Gasteiger partial charge in [0, 0.05) is 34.0 Å². The molecule has 0 saturated carbocycles. The van der Waals surface area contributed by atoms with E-state index in [1.165, 1.54) is 6.20 Å². The Morgan fingerprint density at radius 1 is 1.30 bits per heavy atom. The summed E-state index contributed by atoms with van der Waals surface area (Å²) in [4.78, 5) is 19.3. The highest BCUT2D eigenvalue weighted by atomic mass is 35.5. The van der Waals surface area contributed by atoms with Crippen molar-refractivity contribution >= 4 is 39.9 Å². The van der Waals surface area contributed by atoms with Gasteiger partial charge in [-0.1, -0.05) is 11.6 Å². The molecule has 0 aliphatic rings. The molecule has 0 radical (unpaired) electrons. The lowest BCUT2D eigenvalue weighted by Gasteiger charge is -2.04. The molecule has 1 aromatic carbocycles. The van der Waals surface area contributed by atoms with Gasteiger partial charge in [-0.15, -0.1) is 0 Å². The third-order valence-corrected chi connectivity index (χ3v) is 3.15. The summed E-state index contributed by atoms with van der Waals surface area (Å²) in [6.45, 7) is 0. The van der Waals surface area contributed by atoms with E-state index in [-0.39, 0.29) is 5.91 Å². The standard InChI is InChI=1S/C14H11ClN4O/c15-8-3-4-17-13(5-8)19-14(20)11-7-18-12-2-1-9(16)6-10(11)12/h1-7,18H,16H2,(H,17,19,20). The van der Waals surface area contributed by atoms with Crippen molar-refractivity contribution in [3.63, 3.8) is 0 Å². The van der Waals surface area contributed by atoms with E-state index >= 15 is 0 Å². The van der Waals surface area contributed by atoms with Gasteiger partial charge in [0.25, 0.3) is 5.91 Å². The molecule has 0 fully saturated rings. The van der Waals surface area contributed by atoms with Gasteiger partial charge in [-0.25, -0.2) is 4.98 Å². The smallest absolute Gasteiger partial charge is 0.258 e. The summed E-state index contributed by atoms with van der Waals surface area (Å²) < 4.78 is 0. The molecule has 1 amide bonds. The Balaban J connectivity index is 1.94. The second-order valence-corrected chi connectivity index (χ2v) is 4.76. The van der Waals surface area contributed by atoms with Gasteiger partial charge in [0.2, 0.25) is 0 Å². The van der Waals surface area contributed by atoms with Gasteiger partial charge in [0.1, 0.15) is 5.82 Å². The first-order valence-corrected chi connectivity index (χ1v) is 6.31. The Bertz CT molecular complexity index is 797. The number of aromatic amines is 1. The van der Waals surface area contributed by atoms with Crippen LogP contribution in [0.25, 0.3) is 10.9 Å². The average molecular weight is 287 g/mol. The zero-order chi connectivity index (χ0) is 14.1. The molecular formula is C14H11ClN4O. The van der Waals surface area contributed by atoms with E-state index in [0.717, 1.165) is 10.9 Å². The quantitative estimate of drug-likeness (QED) is 0.633. The average Bonchev–Trinajstić information content (AvgIpc) is 2.81. The number of carbonyl (C=O) groups excluding carboxylic acids is 1. The van der Waals surface area contributed by atoms with Gasteiger partial charge in [-0.2, -0.15) is 0 Å². The van der Waals surface area contributed by atoms with Crippen molar-refractivity contribution < 1.29 is 4.79 Å². The molecule has 0 saturated heterocycles. The number of carbonyl (C=O) groups is 1. The van der Waals surface area contributed by atoms with Crippen LogP contribution in [0.5, 0.6) is 0 Å². The molecule has 100 valence electrons. The second-order valence-electron chi connectivity index (χ2n) is 4.32. The van der Waals surface area contributed by atoms with Crippen LogP contribution in [-0.2, 0) is 0 Å². The molecule has 2 aromatic heterocycles. The van der Waals surface area contributed by atoms with E-state index in [2.05, 4.69) is 15.3 Å². The first kappa shape index (κ1) is 12.5. The lowest BCUT2D eigenvalue weighted by molar-refractivity contribution is 0.102. The molecular weight excluding hydrogens is 276 g/mol. The molecule has 5 nitrogen and oxygen atoms in total. The van der Waals surface area contributed by atoms with Crippen molar-refractivity contribution in [3.05, 3.63) is 53.3 Å². The highest BCUT2D eigenvalue weighted by Gasteiger charge is 2.13. The summed E-state index contributed by atoms with van der Waals surface area (Å²) in [6, 6.07) is 8.59. The fourth-order valence-electron chi connectivity index (χ4n) is 1.98. The van der Waals surface area contributed by atoms with Crippen LogP contribution < -0.4 is 11.1 Å². The number of nitrogens with one attached hydrogen (secondary N) is 2. The van der Waals surface area contributed by atoms with Crippen molar-refractivity contribution in [1.82, 2.24) is 9.97 Å². The molecule has 0 aliphatic heterocycles. The van der Waals surface area contributed by atoms with Crippen LogP contribution >= 0.6 is 11.6 Å². The van der Waals surface area contributed by atoms with Gasteiger partial charge < -0.3 is 16.0 Å². The fraction of sp³-hybridized carbons (Fsp3) is 0. The Kier molecular flexibility index (Phi) is 3.04. The maximum absolute atomic E-state index is 12.3. The van der Waals surface area contributed by atoms with Crippen LogP contribution in [0.3, 0.4) is 0 Å². The minimum atomic E-state index is -0.267. The molecule has 4 N–H and O–H groups in total. The summed E-state index contributed by atoms with van der Waals surface area (Å²) in [5.74, 6) is 0.136. The maximum Gasteiger partial charge on any atom is 0.258 e. The Labute approximate surface area is 119 Å². The number of nitrogens with two attached hydrogens (primary N) is 1. The Morgan fingerprint density at radius 3 is 2.95 bits per heavy atom. The molecule has 3 aromatic rings. The number of H-pyrrole nitrogens is 1. The number of pyridine rings is 1. The summed E-state index contributed by atoms with van der Waals surface area (Å²) in [5.41, 5.74) is 7.71. The monoisotopic (exact) mass is 286 g/mol. The normalized spacial score (nSPS) is 10.7. The number of hydrogen-bond donors (Lipinski definition) is 3. The number of rotatable bonds is 2. The third-order valence-electron chi connectivity index (χ3n) is 2.91. The largest absolute Gasteiger partial charge is 0.399 e. The maximum atomic E-state index is 12.3. The van der Waals surface area contributed by atoms with E-state index in [4.69, 9.17) is 17.3 Å². The van der Waals surface area contributed by atoms with Crippen LogP contribution in [0.1, 0.15) is 10.4 Å². The number of nitrogens with zero attached hydrogens (tertiary/aromatic N) is 1. The van der Waals surface area contributed by atoms with Crippen LogP contribution in [0, 0.1) is 0 Å². The third kappa shape index (κ3) is 2.31. The molecule has 2 heterocycles. The van der Waals surface area contributed by atoms with Crippen molar-refractivity contribution in [3.8, 4) is 0 Å². The number of fused-ring (bicyclic) bond motifs is 1. The minimum Gasteiger partial charge on any atom is -0.399 e. The molecule has 0 aliphatic carbocycles. The highest BCUT2D eigenvalue weighted by Crippen LogP contribution is 2.22. The molecule has 20 heavy (non-hydrogen) atoms. The van der Waals surface area contributed by atoms with Gasteiger partial charge in [-0.3, -0.25) is 4.79 Å². The lowest BCUT2D eigenvalue weighted by atomic mass is 10.1. The summed E-state index contributed by atoms with van der Waals surface area (Å²) >= 11 is 5.86. The predicted molar refractivity (Wildman–Crippen MR) is 79.9 cm³/mol. The molecule has 0 unspecified atom stereocenters. The highest BCUT2D eigenvalue weighted by molar-refractivity contribution is 6.30. The van der Waals surface area contributed by atoms with Crippen LogP contribution in [-0.4, -0.2) is 15.9 Å².